The van der Waals surface area contributed by atoms with Crippen LogP contribution in [-0.2, 0) is 105 Å². The van der Waals surface area contributed by atoms with E-state index in [1.807, 2.05) is 96.9 Å². The third kappa shape index (κ3) is 133. The molecule has 0 aliphatic rings. The van der Waals surface area contributed by atoms with E-state index in [0.29, 0.717) is 231 Å². The lowest BCUT2D eigenvalue weighted by Crippen LogP contribution is -2.32. The third-order valence-electron chi connectivity index (χ3n) is 19.0. The Hall–Kier alpha value is -6.65. The van der Waals surface area contributed by atoms with Gasteiger partial charge in [-0.05, 0) is 133 Å². The average molecular weight is 1980 g/mol. The molecule has 0 bridgehead atoms. The van der Waals surface area contributed by atoms with Crippen LogP contribution in [0.2, 0.25) is 0 Å². The molecule has 0 atom stereocenters. The molecule has 0 spiro atoms. The van der Waals surface area contributed by atoms with Crippen LogP contribution in [0.4, 0.5) is 9.59 Å². The van der Waals surface area contributed by atoms with Crippen molar-refractivity contribution < 1.29 is 114 Å². The molecule has 0 heterocycles. The number of carbonyl (C=O) groups is 13. The second-order valence-electron chi connectivity index (χ2n) is 39.9. The molecule has 8 amide bonds. The summed E-state index contributed by atoms with van der Waals surface area (Å²) >= 11 is 0. The Labute approximate surface area is 839 Å². The molecule has 138 heavy (non-hydrogen) atoms. The van der Waals surface area contributed by atoms with Crippen LogP contribution in [-0.4, -0.2) is 260 Å². The van der Waals surface area contributed by atoms with Crippen molar-refractivity contribution >= 4 is 76.5 Å². The molecule has 0 aromatic rings. The van der Waals surface area contributed by atoms with Gasteiger partial charge < -0.3 is 94.6 Å². The topological polar surface area (TPSA) is 420 Å². The van der Waals surface area contributed by atoms with E-state index in [0.717, 1.165) is 90.0 Å². The van der Waals surface area contributed by atoms with Gasteiger partial charge in [0.25, 0.3) is 0 Å². The normalized spacial score (nSPS) is 11.0. The molecule has 818 valence electrons. The number of alkyl carbamates (subject to hydrolysis) is 2. The molecule has 0 radical (unpaired) electrons. The predicted octanol–water partition coefficient (Wildman–Crippen LogP) is 17.4. The molecular formula is C106H210N8O24. The Morgan fingerprint density at radius 2 is 0.391 bits per heavy atom. The Bertz CT molecular complexity index is 2920. The Morgan fingerprint density at radius 1 is 0.181 bits per heavy atom. The van der Waals surface area contributed by atoms with Crippen molar-refractivity contribution in [2.45, 2.75) is 356 Å². The van der Waals surface area contributed by atoms with E-state index in [9.17, 15) is 62.3 Å². The monoisotopic (exact) mass is 1980 g/mol. The zero-order chi connectivity index (χ0) is 107. The van der Waals surface area contributed by atoms with Gasteiger partial charge in [-0.25, -0.2) is 9.59 Å². The fraction of sp³-hybridized carbons (Fsp3) is 0.877. The third-order valence-corrected chi connectivity index (χ3v) is 19.0. The van der Waals surface area contributed by atoms with E-state index < -0.39 is 12.2 Å². The number of hydrogen-bond acceptors (Lipinski definition) is 24. The first-order chi connectivity index (χ1) is 64.7. The van der Waals surface area contributed by atoms with Crippen LogP contribution in [0.3, 0.4) is 0 Å². The van der Waals surface area contributed by atoms with Crippen molar-refractivity contribution in [1.29, 1.82) is 0 Å². The van der Waals surface area contributed by atoms with Crippen molar-refractivity contribution in [1.82, 2.24) is 42.5 Å². The minimum absolute atomic E-state index is 0.0113. The zero-order valence-corrected chi connectivity index (χ0v) is 93.4. The summed E-state index contributed by atoms with van der Waals surface area (Å²) in [7, 11) is 0. The van der Waals surface area contributed by atoms with Gasteiger partial charge in [0, 0.05) is 212 Å². The highest BCUT2D eigenvalue weighted by Gasteiger charge is 2.16. The zero-order valence-electron chi connectivity index (χ0n) is 93.4. The number of carbonyl (C=O) groups excluding carboxylic acids is 13. The van der Waals surface area contributed by atoms with Crippen LogP contribution in [0.15, 0.2) is 0 Å². The van der Waals surface area contributed by atoms with Crippen LogP contribution < -0.4 is 42.5 Å². The standard InChI is InChI=1S/C16H32N2O5.C16H29NO4.2C14H27NO3.C12H24N2O4.C12H25NO2.C12H24O2.C10H22O/c1-13(2)5-9-21-10-6-15(19)17-7-11-22-12-8-18-16(20)23-14(3)4;1-12(2)14(18)6-5-10-21-11-8-16(20)17-9-7-15(19)13(3)4;1-11(2)6-9-18-10-7-14(17)15-8-5-13(16)12(3)4;1-11(2)7-9-18-10-8-15-14(17)6-5-13(16)12(3)4;1-9(2)11(15)13-5-7-17-8-6-14-12(16)18-10(3)4;1-10(2)5-7-15-8-6-13-12(14)9-11(3)4;1-10(2)7-9-14-8-5-6-12(13)11(3)4;1-9(2)5-7-11-8-6-10(3)4/h13-14H,5-12H2,1-4H3,(H,17,19)(H,18,20);12-13H,5-11H2,1-4H3,(H,17,20);2*11-12H,5-10H2,1-4H3,(H,15,17);9-10H,5-8H2,1-4H3,(H,13,15)(H,14,16);10-11H,5-9H2,1-4H3,(H,13,14);10-11H,5-9H2,1-4H3;9-10H,5-8H2,1-4H3. The average Bonchev–Trinajstić information content (AvgIpc) is 0.980. The number of nitrogens with one attached hydrogen (secondary N) is 8. The first-order valence-electron chi connectivity index (χ1n) is 52.1. The van der Waals surface area contributed by atoms with Crippen LogP contribution in [0.5, 0.6) is 0 Å². The van der Waals surface area contributed by atoms with Crippen molar-refractivity contribution in [2.24, 2.45) is 82.9 Å². The van der Waals surface area contributed by atoms with Crippen LogP contribution >= 0.6 is 0 Å². The van der Waals surface area contributed by atoms with E-state index >= 15 is 0 Å². The lowest BCUT2D eigenvalue weighted by atomic mass is 10.0. The largest absolute Gasteiger partial charge is 0.447 e. The van der Waals surface area contributed by atoms with E-state index in [1.165, 1.54) is 12.8 Å². The highest BCUT2D eigenvalue weighted by Crippen LogP contribution is 2.10. The number of ketones is 5. The van der Waals surface area contributed by atoms with Crippen molar-refractivity contribution in [3.63, 3.8) is 0 Å². The highest BCUT2D eigenvalue weighted by atomic mass is 16.6. The molecular weight excluding hydrogens is 1770 g/mol. The second kappa shape index (κ2) is 105. The number of ether oxygens (including phenoxy) is 11. The van der Waals surface area contributed by atoms with Gasteiger partial charge in [-0.2, -0.15) is 0 Å². The van der Waals surface area contributed by atoms with E-state index in [-0.39, 0.29) is 119 Å². The minimum atomic E-state index is -0.450. The molecule has 32 nitrogen and oxygen atoms in total. The van der Waals surface area contributed by atoms with Crippen molar-refractivity contribution in [2.75, 3.05) is 171 Å². The van der Waals surface area contributed by atoms with Crippen LogP contribution in [0, 0.1) is 82.9 Å². The molecule has 0 aliphatic heterocycles. The fourth-order valence-corrected chi connectivity index (χ4v) is 9.67. The quantitative estimate of drug-likeness (QED) is 0.0262. The molecule has 0 saturated heterocycles. The molecule has 0 rings (SSSR count). The molecule has 8 N–H and O–H groups in total. The van der Waals surface area contributed by atoms with Gasteiger partial charge >= 0.3 is 12.2 Å². The molecule has 0 aromatic carbocycles. The summed E-state index contributed by atoms with van der Waals surface area (Å²) in [5.74, 6) is 6.45. The SMILES string of the molecule is CC(C)C(=O)CCCOCCC(=O)NCCC(=O)C(C)C.CC(C)CCOCCC(=O)NCCC(=O)C(C)C.CC(C)CCOCCC(=O)NCCOCCNC(=O)OC(C)C.CC(C)CCOCCC(C)C.CC(C)CCOCCCC(=O)C(C)C.CC(C)CCOCCNC(=O)CC(C)C.CC(C)CCOCCNC(=O)CCC(=O)C(C)C.CC(C)OC(=O)NCCOCCNC(=O)C(C)C. The van der Waals surface area contributed by atoms with Gasteiger partial charge in [-0.3, -0.25) is 52.7 Å². The van der Waals surface area contributed by atoms with Crippen molar-refractivity contribution in [3.8, 4) is 0 Å². The molecule has 0 unspecified atom stereocenters. The summed E-state index contributed by atoms with van der Waals surface area (Å²) in [6.45, 7) is 78.7. The lowest BCUT2D eigenvalue weighted by molar-refractivity contribution is -0.126. The van der Waals surface area contributed by atoms with Gasteiger partial charge in [0.2, 0.25) is 35.4 Å². The number of amides is 8. The van der Waals surface area contributed by atoms with Crippen LogP contribution in [0.25, 0.3) is 0 Å². The van der Waals surface area contributed by atoms with Gasteiger partial charge in [0.1, 0.15) is 28.9 Å². The first kappa shape index (κ1) is 147. The first-order valence-corrected chi connectivity index (χ1v) is 52.1. The van der Waals surface area contributed by atoms with E-state index in [4.69, 9.17) is 52.1 Å². The summed E-state index contributed by atoms with van der Waals surface area (Å²) in [5, 5.41) is 21.6. The summed E-state index contributed by atoms with van der Waals surface area (Å²) in [5.41, 5.74) is 0. The van der Waals surface area contributed by atoms with Gasteiger partial charge in [0.15, 0.2) is 0 Å². The maximum atomic E-state index is 11.5. The van der Waals surface area contributed by atoms with Crippen molar-refractivity contribution in [3.05, 3.63) is 0 Å². The van der Waals surface area contributed by atoms with Crippen LogP contribution in [0.1, 0.15) is 344 Å². The Balaban J connectivity index is -0.000000235. The maximum Gasteiger partial charge on any atom is 0.407 e. The molecule has 0 saturated carbocycles. The van der Waals surface area contributed by atoms with Gasteiger partial charge in [-0.15, -0.1) is 0 Å². The number of rotatable bonds is 75. The van der Waals surface area contributed by atoms with E-state index in [1.54, 1.807) is 27.7 Å². The fourth-order valence-electron chi connectivity index (χ4n) is 9.67. The van der Waals surface area contributed by atoms with E-state index in [2.05, 4.69) is 139 Å². The summed E-state index contributed by atoms with van der Waals surface area (Å²) in [4.78, 5) is 147. The smallest absolute Gasteiger partial charge is 0.407 e. The maximum absolute atomic E-state index is 11.5. The molecule has 32 heteroatoms. The highest BCUT2D eigenvalue weighted by molar-refractivity contribution is 5.86. The molecule has 0 aliphatic carbocycles. The predicted molar refractivity (Wildman–Crippen MR) is 555 cm³/mol. The number of hydrogen-bond donors (Lipinski definition) is 8. The summed E-state index contributed by atoms with van der Waals surface area (Å²) in [6, 6.07) is 0. The summed E-state index contributed by atoms with van der Waals surface area (Å²) < 4.78 is 58.0. The lowest BCUT2D eigenvalue weighted by Gasteiger charge is -2.10. The minimum Gasteiger partial charge on any atom is -0.447 e. The molecule has 0 fully saturated rings. The van der Waals surface area contributed by atoms with Gasteiger partial charge in [0.05, 0.1) is 71.7 Å². The second-order valence-corrected chi connectivity index (χ2v) is 39.9. The Morgan fingerprint density at radius 3 is 0.652 bits per heavy atom. The summed E-state index contributed by atoms with van der Waals surface area (Å²) in [6.07, 6.45) is 12.3. The molecule has 0 aromatic heterocycles. The Kier molecular flexibility index (Phi) is 111. The van der Waals surface area contributed by atoms with Gasteiger partial charge in [-0.1, -0.05) is 194 Å². The number of Topliss-reactive ketones (excluding diaryl/α,β-unsaturated/α-hetero) is 5.